The van der Waals surface area contributed by atoms with Crippen molar-refractivity contribution in [2.45, 2.75) is 108 Å². The van der Waals surface area contributed by atoms with E-state index in [0.29, 0.717) is 18.8 Å². The molecule has 0 spiro atoms. The van der Waals surface area contributed by atoms with Crippen molar-refractivity contribution < 1.29 is 68.5 Å². The number of allylic oxidation sites excluding steroid dienone is 1. The van der Waals surface area contributed by atoms with Crippen LogP contribution in [0.5, 0.6) is 0 Å². The van der Waals surface area contributed by atoms with Gasteiger partial charge in [0.2, 0.25) is 23.1 Å². The molecule has 0 amide bonds. The van der Waals surface area contributed by atoms with Gasteiger partial charge in [-0.05, 0) is 42.2 Å². The predicted molar refractivity (Wildman–Crippen MR) is 171 cm³/mol. The van der Waals surface area contributed by atoms with E-state index in [2.05, 4.69) is 6.58 Å². The molecule has 0 radical (unpaired) electrons. The Bertz CT molecular complexity index is 1440. The Hall–Kier alpha value is -4.11. The van der Waals surface area contributed by atoms with Crippen molar-refractivity contribution in [3.63, 3.8) is 0 Å². The van der Waals surface area contributed by atoms with Gasteiger partial charge in [-0.25, -0.2) is 19.2 Å². The highest BCUT2D eigenvalue weighted by Crippen LogP contribution is 2.56. The second-order valence-electron chi connectivity index (χ2n) is 13.1. The van der Waals surface area contributed by atoms with Gasteiger partial charge < -0.3 is 44.5 Å². The molecule has 2 bridgehead atoms. The molecule has 5 N–H and O–H groups in total. The smallest absolute Gasteiger partial charge is 0.344 e. The van der Waals surface area contributed by atoms with Crippen molar-refractivity contribution in [1.29, 1.82) is 0 Å². The number of carboxylic acid groups (broad SMARTS) is 3. The van der Waals surface area contributed by atoms with Crippen LogP contribution in [0.15, 0.2) is 54.6 Å². The van der Waals surface area contributed by atoms with Gasteiger partial charge in [-0.3, -0.25) is 4.79 Å². The first kappa shape index (κ1) is 39.3. The van der Waals surface area contributed by atoms with E-state index in [1.807, 2.05) is 51.1 Å². The van der Waals surface area contributed by atoms with Gasteiger partial charge in [0.05, 0.1) is 0 Å². The van der Waals surface area contributed by atoms with Crippen LogP contribution in [0.3, 0.4) is 0 Å². The normalized spacial score (nSPS) is 30.1. The number of ether oxygens (including phenoxy) is 4. The lowest BCUT2D eigenvalue weighted by Gasteiger charge is -2.48. The number of hydrogen-bond acceptors (Lipinski definition) is 11. The molecule has 270 valence electrons. The summed E-state index contributed by atoms with van der Waals surface area (Å²) in [6.45, 7) is 12.9. The summed E-state index contributed by atoms with van der Waals surface area (Å²) < 4.78 is 22.0. The van der Waals surface area contributed by atoms with Crippen LogP contribution in [-0.4, -0.2) is 96.8 Å². The zero-order chi connectivity index (χ0) is 36.9. The maximum atomic E-state index is 13.0. The lowest BCUT2D eigenvalue weighted by molar-refractivity contribution is -0.374. The number of aliphatic carboxylic acids is 3. The summed E-state index contributed by atoms with van der Waals surface area (Å²) in [6, 6.07) is 9.29. The third-order valence-electron chi connectivity index (χ3n) is 9.29. The van der Waals surface area contributed by atoms with E-state index in [9.17, 15) is 49.5 Å². The minimum atomic E-state index is -3.90. The number of hydrogen-bond donors (Lipinski definition) is 5. The number of carbonyl (C=O) groups excluding carboxylic acids is 2. The van der Waals surface area contributed by atoms with E-state index in [1.54, 1.807) is 6.92 Å². The maximum absolute atomic E-state index is 13.0. The Labute approximate surface area is 284 Å². The molecule has 2 heterocycles. The van der Waals surface area contributed by atoms with Gasteiger partial charge in [-0.15, -0.1) is 0 Å². The SMILES string of the molecule is C=C(CC[C@]12O[C@H](C(=O)O)[C@@](O)(C(=O)O)[C@](C(=O)O)(O1)[C@H](OC(=O)/C=C/C(C)CC(C)CC)[C@H]2O)C(OC(C)=O)C(C)Cc1ccccc1. The molecule has 10 atom stereocenters. The van der Waals surface area contributed by atoms with Crippen molar-refractivity contribution >= 4 is 29.8 Å². The van der Waals surface area contributed by atoms with Crippen molar-refractivity contribution in [1.82, 2.24) is 0 Å². The number of aliphatic hydroxyl groups is 2. The summed E-state index contributed by atoms with van der Waals surface area (Å²) in [5.74, 6) is -11.3. The molecular formula is C35H46O14. The Morgan fingerprint density at radius 3 is 2.20 bits per heavy atom. The molecular weight excluding hydrogens is 644 g/mol. The number of benzene rings is 1. The average molecular weight is 691 g/mol. The van der Waals surface area contributed by atoms with Crippen LogP contribution in [0, 0.1) is 17.8 Å². The number of esters is 2. The first-order valence-electron chi connectivity index (χ1n) is 16.1. The van der Waals surface area contributed by atoms with Gasteiger partial charge >= 0.3 is 29.8 Å². The van der Waals surface area contributed by atoms with Crippen LogP contribution >= 0.6 is 0 Å². The summed E-state index contributed by atoms with van der Waals surface area (Å²) in [4.78, 5) is 63.0. The fourth-order valence-corrected chi connectivity index (χ4v) is 6.58. The van der Waals surface area contributed by atoms with E-state index in [-0.39, 0.29) is 23.8 Å². The summed E-state index contributed by atoms with van der Waals surface area (Å²) in [5, 5.41) is 53.5. The largest absolute Gasteiger partial charge is 0.479 e. The van der Waals surface area contributed by atoms with Crippen LogP contribution in [0.2, 0.25) is 0 Å². The van der Waals surface area contributed by atoms with Crippen LogP contribution in [0.25, 0.3) is 0 Å². The third-order valence-corrected chi connectivity index (χ3v) is 9.29. The van der Waals surface area contributed by atoms with Crippen molar-refractivity contribution in [2.75, 3.05) is 0 Å². The molecule has 1 aromatic rings. The van der Waals surface area contributed by atoms with Crippen molar-refractivity contribution in [3.05, 3.63) is 60.2 Å². The second-order valence-corrected chi connectivity index (χ2v) is 13.1. The monoisotopic (exact) mass is 690 g/mol. The maximum Gasteiger partial charge on any atom is 0.344 e. The number of carbonyl (C=O) groups is 5. The van der Waals surface area contributed by atoms with Crippen molar-refractivity contribution in [2.24, 2.45) is 17.8 Å². The number of fused-ring (bicyclic) bond motifs is 2. The topological polar surface area (TPSA) is 223 Å². The molecule has 0 aromatic heterocycles. The lowest BCUT2D eigenvalue weighted by Crippen LogP contribution is -2.78. The molecule has 14 heteroatoms. The van der Waals surface area contributed by atoms with Crippen LogP contribution < -0.4 is 0 Å². The zero-order valence-electron chi connectivity index (χ0n) is 28.2. The molecule has 4 unspecified atom stereocenters. The Kier molecular flexibility index (Phi) is 12.5. The Morgan fingerprint density at radius 1 is 1.04 bits per heavy atom. The van der Waals surface area contributed by atoms with Crippen molar-refractivity contribution in [3.8, 4) is 0 Å². The number of carboxylic acids is 3. The number of aliphatic hydroxyl groups excluding tert-OH is 1. The standard InChI is InChI=1S/C35H46O14/c1-7-19(2)17-20(3)13-14-25(37)47-28-27(38)33(48-29(30(39)40)34(45,31(41)42)35(28,49-33)32(43)44)16-15-21(4)26(46-23(6)36)22(5)18-24-11-9-8-10-12-24/h8-14,19-20,22,26-29,38,45H,4,7,15-18H2,1-3,5-6H3,(H,39,40)(H,41,42)(H,43,44)/b14-13+/t19?,20?,22?,26?,27-,28-,29-,33+,34-,35+/m1/s1. The quantitative estimate of drug-likeness (QED) is 0.0901. The Morgan fingerprint density at radius 2 is 1.67 bits per heavy atom. The fraction of sp³-hybridized carbons (Fsp3) is 0.571. The van der Waals surface area contributed by atoms with E-state index in [1.165, 1.54) is 13.0 Å². The van der Waals surface area contributed by atoms with E-state index >= 15 is 0 Å². The molecule has 2 saturated heterocycles. The van der Waals surface area contributed by atoms with Gasteiger partial charge in [0, 0.05) is 25.3 Å². The molecule has 14 nitrogen and oxygen atoms in total. The highest BCUT2D eigenvalue weighted by molar-refractivity contribution is 5.98. The third kappa shape index (κ3) is 7.88. The molecule has 2 aliphatic rings. The van der Waals surface area contributed by atoms with E-state index in [4.69, 9.17) is 18.9 Å². The Balaban J connectivity index is 2.02. The molecule has 3 rings (SSSR count). The highest BCUT2D eigenvalue weighted by atomic mass is 16.8. The molecule has 0 saturated carbocycles. The molecule has 2 aliphatic heterocycles. The highest BCUT2D eigenvalue weighted by Gasteiger charge is 2.85. The van der Waals surface area contributed by atoms with E-state index in [0.717, 1.165) is 18.1 Å². The minimum absolute atomic E-state index is 0.123. The van der Waals surface area contributed by atoms with E-state index < -0.39 is 77.7 Å². The average Bonchev–Trinajstić information content (AvgIpc) is 3.25. The van der Waals surface area contributed by atoms with Crippen LogP contribution in [0.4, 0.5) is 0 Å². The molecule has 49 heavy (non-hydrogen) atoms. The van der Waals surface area contributed by atoms with Crippen LogP contribution in [-0.2, 0) is 49.3 Å². The minimum Gasteiger partial charge on any atom is -0.479 e. The van der Waals surface area contributed by atoms with Gasteiger partial charge in [0.15, 0.2) is 6.10 Å². The van der Waals surface area contributed by atoms with Crippen LogP contribution in [0.1, 0.15) is 65.9 Å². The zero-order valence-corrected chi connectivity index (χ0v) is 28.2. The number of rotatable bonds is 17. The summed E-state index contributed by atoms with van der Waals surface area (Å²) in [6.07, 6.45) is -4.83. The lowest BCUT2D eigenvalue weighted by atomic mass is 9.74. The predicted octanol–water partition coefficient (Wildman–Crippen LogP) is 2.88. The summed E-state index contributed by atoms with van der Waals surface area (Å²) in [7, 11) is 0. The fourth-order valence-electron chi connectivity index (χ4n) is 6.58. The van der Waals surface area contributed by atoms with Gasteiger partial charge in [0.1, 0.15) is 12.2 Å². The molecule has 0 aliphatic carbocycles. The molecule has 1 aromatic carbocycles. The first-order valence-corrected chi connectivity index (χ1v) is 16.1. The van der Waals surface area contributed by atoms with Gasteiger partial charge in [0.25, 0.3) is 0 Å². The first-order chi connectivity index (χ1) is 22.9. The molecule has 2 fully saturated rings. The van der Waals surface area contributed by atoms with Gasteiger partial charge in [-0.1, -0.05) is 77.1 Å². The summed E-state index contributed by atoms with van der Waals surface area (Å²) >= 11 is 0. The van der Waals surface area contributed by atoms with Gasteiger partial charge in [-0.2, -0.15) is 0 Å². The second kappa shape index (κ2) is 15.6. The summed E-state index contributed by atoms with van der Waals surface area (Å²) in [5.41, 5.74) is -6.27.